The molecule has 0 aliphatic carbocycles. The van der Waals surface area contributed by atoms with Gasteiger partial charge >= 0.3 is 5.82 Å². The van der Waals surface area contributed by atoms with Crippen molar-refractivity contribution in [1.29, 1.82) is 0 Å². The van der Waals surface area contributed by atoms with Crippen LogP contribution in [0.2, 0.25) is 10.2 Å². The van der Waals surface area contributed by atoms with Gasteiger partial charge < -0.3 is 10.1 Å². The lowest BCUT2D eigenvalue weighted by molar-refractivity contribution is -0.389. The van der Waals surface area contributed by atoms with Crippen molar-refractivity contribution in [3.8, 4) is 0 Å². The van der Waals surface area contributed by atoms with E-state index in [1.807, 2.05) is 0 Å². The quantitative estimate of drug-likeness (QED) is 0.413. The van der Waals surface area contributed by atoms with Crippen molar-refractivity contribution in [2.45, 2.75) is 6.54 Å². The molecule has 0 fully saturated rings. The highest BCUT2D eigenvalue weighted by Crippen LogP contribution is 2.23. The minimum absolute atomic E-state index is 0.0484. The molecule has 0 aromatic carbocycles. The van der Waals surface area contributed by atoms with E-state index in [0.29, 0.717) is 16.9 Å². The molecule has 0 bridgehead atoms. The lowest BCUT2D eigenvalue weighted by Crippen LogP contribution is -2.07. The molecule has 0 radical (unpaired) electrons. The minimum Gasteiger partial charge on any atom is -0.358 e. The number of fused-ring (bicyclic) bond motifs is 1. The molecule has 3 aromatic heterocycles. The Morgan fingerprint density at radius 3 is 2.81 bits per heavy atom. The van der Waals surface area contributed by atoms with Crippen LogP contribution in [0.5, 0.6) is 0 Å². The van der Waals surface area contributed by atoms with E-state index in [9.17, 15) is 10.1 Å². The molecule has 108 valence electrons. The molecule has 0 saturated carbocycles. The van der Waals surface area contributed by atoms with Crippen LogP contribution in [0.3, 0.4) is 0 Å². The summed E-state index contributed by atoms with van der Waals surface area (Å²) in [4.78, 5) is 18.5. The van der Waals surface area contributed by atoms with Gasteiger partial charge in [-0.2, -0.15) is 9.78 Å². The van der Waals surface area contributed by atoms with Crippen molar-refractivity contribution in [2.75, 3.05) is 0 Å². The van der Waals surface area contributed by atoms with Gasteiger partial charge in [-0.3, -0.25) is 4.68 Å². The molecule has 21 heavy (non-hydrogen) atoms. The maximum atomic E-state index is 10.7. The summed E-state index contributed by atoms with van der Waals surface area (Å²) >= 11 is 11.8. The van der Waals surface area contributed by atoms with Crippen LogP contribution in [0.15, 0.2) is 12.4 Å². The first kappa shape index (κ1) is 13.7. The van der Waals surface area contributed by atoms with E-state index in [1.165, 1.54) is 10.9 Å². The second kappa shape index (κ2) is 4.93. The first-order chi connectivity index (χ1) is 9.95. The Bertz CT molecular complexity index is 857. The van der Waals surface area contributed by atoms with Crippen molar-refractivity contribution in [1.82, 2.24) is 29.5 Å². The Kier molecular flexibility index (Phi) is 3.22. The molecule has 0 N–H and O–H groups in total. The highest BCUT2D eigenvalue weighted by atomic mass is 35.5. The fraction of sp³-hybridized carbons (Fsp3) is 0.200. The molecule has 0 aliphatic heterocycles. The van der Waals surface area contributed by atoms with Crippen LogP contribution in [-0.2, 0) is 13.6 Å². The summed E-state index contributed by atoms with van der Waals surface area (Å²) in [7, 11) is 1.73. The van der Waals surface area contributed by atoms with Crippen molar-refractivity contribution in [2.24, 2.45) is 7.05 Å². The van der Waals surface area contributed by atoms with Crippen LogP contribution < -0.4 is 0 Å². The van der Waals surface area contributed by atoms with E-state index < -0.39 is 10.7 Å². The maximum absolute atomic E-state index is 10.7. The third-order valence-electron chi connectivity index (χ3n) is 2.77. The smallest absolute Gasteiger partial charge is 0.358 e. The summed E-state index contributed by atoms with van der Waals surface area (Å²) in [6.45, 7) is 0.106. The average Bonchev–Trinajstić information content (AvgIpc) is 2.94. The zero-order chi connectivity index (χ0) is 15.1. The van der Waals surface area contributed by atoms with Gasteiger partial charge in [0.1, 0.15) is 11.7 Å². The number of rotatable bonds is 3. The molecular formula is C10H7Cl2N7O2. The zero-order valence-electron chi connectivity index (χ0n) is 10.6. The molecule has 0 atom stereocenters. The van der Waals surface area contributed by atoms with Crippen LogP contribution in [-0.4, -0.2) is 34.5 Å². The number of aromatic nitrogens is 6. The molecule has 9 nitrogen and oxygen atoms in total. The van der Waals surface area contributed by atoms with Crippen molar-refractivity contribution < 1.29 is 4.92 Å². The van der Waals surface area contributed by atoms with Gasteiger partial charge in [0.25, 0.3) is 0 Å². The Morgan fingerprint density at radius 1 is 1.38 bits per heavy atom. The molecule has 3 rings (SSSR count). The topological polar surface area (TPSA) is 105 Å². The normalized spacial score (nSPS) is 11.2. The van der Waals surface area contributed by atoms with Gasteiger partial charge in [0.05, 0.1) is 22.9 Å². The summed E-state index contributed by atoms with van der Waals surface area (Å²) in [5.74, 6) is -0.0606. The second-order valence-corrected chi connectivity index (χ2v) is 4.96. The number of halogens is 2. The lowest BCUT2D eigenvalue weighted by Gasteiger charge is -2.00. The highest BCUT2D eigenvalue weighted by molar-refractivity contribution is 6.33. The van der Waals surface area contributed by atoms with Crippen LogP contribution >= 0.6 is 23.2 Å². The first-order valence-electron chi connectivity index (χ1n) is 5.67. The molecule has 0 aliphatic rings. The number of hydrogen-bond acceptors (Lipinski definition) is 6. The Labute approximate surface area is 127 Å². The molecule has 3 aromatic rings. The van der Waals surface area contributed by atoms with Gasteiger partial charge in [-0.1, -0.05) is 23.2 Å². The molecule has 3 heterocycles. The predicted octanol–water partition coefficient (Wildman–Crippen LogP) is 1.82. The molecule has 0 amide bonds. The van der Waals surface area contributed by atoms with Gasteiger partial charge in [0.15, 0.2) is 16.5 Å². The molecule has 11 heteroatoms. The molecule has 0 saturated heterocycles. The standard InChI is InChI=1S/C10H7Cl2N7O2/c1-17-9-5(2-13-17)8(12)14-7(15-9)4-18-3-6(11)10(16-18)19(20)21/h2-3H,4H2,1H3. The average molecular weight is 328 g/mol. The zero-order valence-corrected chi connectivity index (χ0v) is 12.1. The summed E-state index contributed by atoms with van der Waals surface area (Å²) in [6.07, 6.45) is 2.90. The third kappa shape index (κ3) is 2.41. The van der Waals surface area contributed by atoms with Crippen LogP contribution in [0.4, 0.5) is 5.82 Å². The van der Waals surface area contributed by atoms with E-state index in [2.05, 4.69) is 20.2 Å². The predicted molar refractivity (Wildman–Crippen MR) is 74.3 cm³/mol. The fourth-order valence-electron chi connectivity index (χ4n) is 1.84. The largest absolute Gasteiger partial charge is 0.408 e. The van der Waals surface area contributed by atoms with Crippen LogP contribution in [0.25, 0.3) is 11.0 Å². The van der Waals surface area contributed by atoms with Crippen molar-refractivity contribution in [3.05, 3.63) is 38.5 Å². The van der Waals surface area contributed by atoms with E-state index in [-0.39, 0.29) is 16.7 Å². The van der Waals surface area contributed by atoms with E-state index in [4.69, 9.17) is 23.2 Å². The molecular weight excluding hydrogens is 321 g/mol. The first-order valence-corrected chi connectivity index (χ1v) is 6.43. The van der Waals surface area contributed by atoms with Crippen molar-refractivity contribution in [3.63, 3.8) is 0 Å². The highest BCUT2D eigenvalue weighted by Gasteiger charge is 2.20. The lowest BCUT2D eigenvalue weighted by atomic mass is 10.4. The van der Waals surface area contributed by atoms with E-state index in [1.54, 1.807) is 17.9 Å². The second-order valence-electron chi connectivity index (χ2n) is 4.19. The SMILES string of the molecule is Cn1ncc2c(Cl)nc(Cn3cc(Cl)c([N+](=O)[O-])n3)nc21. The number of nitrogens with zero attached hydrogens (tertiary/aromatic N) is 7. The van der Waals surface area contributed by atoms with E-state index in [0.717, 1.165) is 0 Å². The molecule has 0 unspecified atom stereocenters. The summed E-state index contributed by atoms with van der Waals surface area (Å²) in [5.41, 5.74) is 0.567. The van der Waals surface area contributed by atoms with Gasteiger partial charge in [-0.25, -0.2) is 9.97 Å². The van der Waals surface area contributed by atoms with Crippen molar-refractivity contribution >= 4 is 40.1 Å². The number of hydrogen-bond donors (Lipinski definition) is 0. The number of nitro groups is 1. The number of aryl methyl sites for hydroxylation is 1. The minimum atomic E-state index is -0.656. The summed E-state index contributed by atoms with van der Waals surface area (Å²) < 4.78 is 2.85. The van der Waals surface area contributed by atoms with Crippen LogP contribution in [0, 0.1) is 10.1 Å². The summed E-state index contributed by atoms with van der Waals surface area (Å²) in [5, 5.41) is 19.4. The fourth-order valence-corrected chi connectivity index (χ4v) is 2.29. The van der Waals surface area contributed by atoms with Gasteiger partial charge in [-0.15, -0.1) is 0 Å². The third-order valence-corrected chi connectivity index (χ3v) is 3.32. The summed E-state index contributed by atoms with van der Waals surface area (Å²) in [6, 6.07) is 0. The van der Waals surface area contributed by atoms with E-state index >= 15 is 0 Å². The maximum Gasteiger partial charge on any atom is 0.408 e. The van der Waals surface area contributed by atoms with Gasteiger partial charge in [-0.05, 0) is 4.92 Å². The Morgan fingerprint density at radius 2 is 2.14 bits per heavy atom. The molecule has 0 spiro atoms. The van der Waals surface area contributed by atoms with Crippen LogP contribution in [0.1, 0.15) is 5.82 Å². The Hall–Kier alpha value is -2.26. The van der Waals surface area contributed by atoms with Gasteiger partial charge in [0, 0.05) is 7.05 Å². The monoisotopic (exact) mass is 327 g/mol. The van der Waals surface area contributed by atoms with Gasteiger partial charge in [0.2, 0.25) is 0 Å². The Balaban J connectivity index is 2.00.